The molecular formula is C7H8BNO4. The Labute approximate surface area is 75.1 Å². The summed E-state index contributed by atoms with van der Waals surface area (Å²) in [5, 5.41) is 18.2. The van der Waals surface area contributed by atoms with Crippen molar-refractivity contribution in [2.24, 2.45) is 0 Å². The van der Waals surface area contributed by atoms with Crippen LogP contribution < -0.4 is 0 Å². The molecule has 1 saturated heterocycles. The summed E-state index contributed by atoms with van der Waals surface area (Å²) < 4.78 is 0. The zero-order chi connectivity index (χ0) is 9.75. The quantitative estimate of drug-likeness (QED) is 0.396. The first-order chi connectivity index (χ1) is 6.04. The van der Waals surface area contributed by atoms with E-state index in [4.69, 9.17) is 5.11 Å². The lowest BCUT2D eigenvalue weighted by molar-refractivity contribution is -0.147. The molecule has 0 saturated carbocycles. The van der Waals surface area contributed by atoms with Crippen LogP contribution in [0.1, 0.15) is 6.42 Å². The zero-order valence-electron chi connectivity index (χ0n) is 7.02. The summed E-state index contributed by atoms with van der Waals surface area (Å²) >= 11 is 0. The van der Waals surface area contributed by atoms with Gasteiger partial charge in [0.1, 0.15) is 13.6 Å². The first-order valence-electron chi connectivity index (χ1n) is 4.02. The van der Waals surface area contributed by atoms with E-state index in [1.807, 2.05) is 0 Å². The summed E-state index contributed by atoms with van der Waals surface area (Å²) in [6.45, 7) is 0. The molecule has 68 valence electrons. The van der Waals surface area contributed by atoms with E-state index in [0.717, 1.165) is 0 Å². The molecule has 6 heteroatoms. The number of nitrogens with zero attached hydrogens (tertiary/aromatic N) is 1. The minimum absolute atomic E-state index is 0.140. The highest BCUT2D eigenvalue weighted by atomic mass is 16.4. The topological polar surface area (TPSA) is 77.8 Å². The van der Waals surface area contributed by atoms with E-state index >= 15 is 0 Å². The summed E-state index contributed by atoms with van der Waals surface area (Å²) in [4.78, 5) is 22.9. The van der Waals surface area contributed by atoms with Crippen LogP contribution in [0.4, 0.5) is 0 Å². The highest BCUT2D eigenvalue weighted by molar-refractivity contribution is 6.17. The number of aliphatic hydroxyl groups is 1. The van der Waals surface area contributed by atoms with Crippen molar-refractivity contribution in [3.05, 3.63) is 11.5 Å². The van der Waals surface area contributed by atoms with Gasteiger partial charge in [0.15, 0.2) is 5.70 Å². The van der Waals surface area contributed by atoms with Crippen molar-refractivity contribution >= 4 is 19.7 Å². The van der Waals surface area contributed by atoms with Crippen LogP contribution in [0.3, 0.4) is 0 Å². The van der Waals surface area contributed by atoms with E-state index in [0.29, 0.717) is 6.42 Å². The van der Waals surface area contributed by atoms with Crippen molar-refractivity contribution in [1.82, 2.24) is 4.90 Å². The Morgan fingerprint density at radius 1 is 1.62 bits per heavy atom. The smallest absolute Gasteiger partial charge is 0.356 e. The maximum atomic E-state index is 11.0. The average molecular weight is 181 g/mol. The van der Waals surface area contributed by atoms with Gasteiger partial charge in [0, 0.05) is 18.3 Å². The van der Waals surface area contributed by atoms with Gasteiger partial charge in [-0.25, -0.2) is 4.79 Å². The predicted molar refractivity (Wildman–Crippen MR) is 44.8 cm³/mol. The summed E-state index contributed by atoms with van der Waals surface area (Å²) in [5.41, 5.74) is -0.242. The van der Waals surface area contributed by atoms with Gasteiger partial charge in [-0.15, -0.1) is 0 Å². The number of carbonyl (C=O) groups is 2. The number of rotatable bonds is 1. The number of hydrogen-bond acceptors (Lipinski definition) is 3. The summed E-state index contributed by atoms with van der Waals surface area (Å²) in [6.07, 6.45) is 0.335. The summed E-state index contributed by atoms with van der Waals surface area (Å²) in [5.74, 6) is -1.88. The van der Waals surface area contributed by atoms with Crippen molar-refractivity contribution in [3.8, 4) is 0 Å². The molecule has 0 aromatic rings. The van der Waals surface area contributed by atoms with E-state index in [9.17, 15) is 14.7 Å². The van der Waals surface area contributed by atoms with Gasteiger partial charge in [-0.2, -0.15) is 0 Å². The lowest BCUT2D eigenvalue weighted by atomic mass is 9.77. The maximum absolute atomic E-state index is 11.0. The molecule has 2 rings (SSSR count). The van der Waals surface area contributed by atoms with Crippen LogP contribution in [0.2, 0.25) is 5.82 Å². The molecule has 2 unspecified atom stereocenters. The largest absolute Gasteiger partial charge is 0.510 e. The van der Waals surface area contributed by atoms with E-state index < -0.39 is 5.97 Å². The van der Waals surface area contributed by atoms with Crippen LogP contribution in [-0.4, -0.2) is 40.9 Å². The van der Waals surface area contributed by atoms with Crippen LogP contribution in [0.5, 0.6) is 0 Å². The number of amides is 1. The molecule has 1 fully saturated rings. The highest BCUT2D eigenvalue weighted by Gasteiger charge is 2.51. The Bertz CT molecular complexity index is 337. The normalized spacial score (nSPS) is 31.7. The Balaban J connectivity index is 2.41. The molecule has 2 atom stereocenters. The number of aliphatic carboxylic acids is 1. The fraction of sp³-hybridized carbons (Fsp3) is 0.429. The van der Waals surface area contributed by atoms with Crippen LogP contribution >= 0.6 is 0 Å². The number of aliphatic hydroxyl groups excluding tert-OH is 1. The van der Waals surface area contributed by atoms with Crippen molar-refractivity contribution in [2.75, 3.05) is 0 Å². The lowest BCUT2D eigenvalue weighted by Crippen LogP contribution is -2.51. The average Bonchev–Trinajstić information content (AvgIpc) is 2.24. The third-order valence-corrected chi connectivity index (χ3v) is 2.68. The predicted octanol–water partition coefficient (Wildman–Crippen LogP) is -1.12. The van der Waals surface area contributed by atoms with E-state index in [-0.39, 0.29) is 29.2 Å². The molecule has 13 heavy (non-hydrogen) atoms. The number of carboxylic acids is 1. The highest BCUT2D eigenvalue weighted by Crippen LogP contribution is 2.43. The van der Waals surface area contributed by atoms with Crippen LogP contribution in [0, 0.1) is 0 Å². The SMILES string of the molecule is BC1C(O)=C(C(=O)O)N2C(=O)CC12. The van der Waals surface area contributed by atoms with Gasteiger partial charge >= 0.3 is 5.97 Å². The van der Waals surface area contributed by atoms with Gasteiger partial charge in [0.25, 0.3) is 0 Å². The van der Waals surface area contributed by atoms with Gasteiger partial charge in [0.2, 0.25) is 5.91 Å². The van der Waals surface area contributed by atoms with Crippen molar-refractivity contribution < 1.29 is 19.8 Å². The standard InChI is InChI=1S/C7H8BNO4/c8-4-2-1-3(10)9(2)5(6(4)11)7(12)13/h2,4,11H,1,8H2,(H,12,13). The fourth-order valence-corrected chi connectivity index (χ4v) is 1.87. The molecule has 5 nitrogen and oxygen atoms in total. The number of β-lactam (4-membered cyclic amide) rings is 1. The zero-order valence-corrected chi connectivity index (χ0v) is 7.02. The number of carboxylic acid groups (broad SMARTS) is 1. The minimum atomic E-state index is -1.24. The van der Waals surface area contributed by atoms with E-state index in [1.54, 1.807) is 7.85 Å². The first kappa shape index (κ1) is 8.16. The Hall–Kier alpha value is -1.46. The first-order valence-corrected chi connectivity index (χ1v) is 4.02. The van der Waals surface area contributed by atoms with E-state index in [2.05, 4.69) is 0 Å². The molecule has 2 aliphatic rings. The molecule has 0 aliphatic carbocycles. The summed E-state index contributed by atoms with van der Waals surface area (Å²) in [7, 11) is 1.72. The molecule has 0 radical (unpaired) electrons. The van der Waals surface area contributed by atoms with Gasteiger partial charge in [-0.1, -0.05) is 0 Å². The lowest BCUT2D eigenvalue weighted by Gasteiger charge is -2.36. The number of hydrogen-bond donors (Lipinski definition) is 2. The fourth-order valence-electron chi connectivity index (χ4n) is 1.87. The molecular weight excluding hydrogens is 173 g/mol. The van der Waals surface area contributed by atoms with Crippen LogP contribution in [0.15, 0.2) is 11.5 Å². The molecule has 2 N–H and O–H groups in total. The monoisotopic (exact) mass is 181 g/mol. The Kier molecular flexibility index (Phi) is 1.43. The second-order valence-corrected chi connectivity index (χ2v) is 3.36. The molecule has 2 aliphatic heterocycles. The van der Waals surface area contributed by atoms with Crippen molar-refractivity contribution in [3.63, 3.8) is 0 Å². The molecule has 2 heterocycles. The van der Waals surface area contributed by atoms with Gasteiger partial charge in [-0.05, 0) is 0 Å². The molecule has 1 amide bonds. The number of fused-ring (bicyclic) bond motifs is 1. The molecule has 0 bridgehead atoms. The third-order valence-electron chi connectivity index (χ3n) is 2.68. The second-order valence-electron chi connectivity index (χ2n) is 3.36. The maximum Gasteiger partial charge on any atom is 0.356 e. The third kappa shape index (κ3) is 0.825. The van der Waals surface area contributed by atoms with E-state index in [1.165, 1.54) is 4.90 Å². The number of carbonyl (C=O) groups excluding carboxylic acids is 1. The van der Waals surface area contributed by atoms with Gasteiger partial charge in [0.05, 0.1) is 0 Å². The molecule has 0 aromatic carbocycles. The van der Waals surface area contributed by atoms with Crippen LogP contribution in [0.25, 0.3) is 0 Å². The van der Waals surface area contributed by atoms with Crippen LogP contribution in [-0.2, 0) is 9.59 Å². The summed E-state index contributed by atoms with van der Waals surface area (Å²) in [6, 6.07) is -0.140. The molecule has 0 aromatic heterocycles. The van der Waals surface area contributed by atoms with Crippen molar-refractivity contribution in [1.29, 1.82) is 0 Å². The molecule has 0 spiro atoms. The minimum Gasteiger partial charge on any atom is -0.510 e. The Morgan fingerprint density at radius 2 is 2.23 bits per heavy atom. The van der Waals surface area contributed by atoms with Gasteiger partial charge < -0.3 is 10.2 Å². The Morgan fingerprint density at radius 3 is 2.62 bits per heavy atom. The van der Waals surface area contributed by atoms with Gasteiger partial charge in [-0.3, -0.25) is 9.69 Å². The van der Waals surface area contributed by atoms with Crippen molar-refractivity contribution in [2.45, 2.75) is 18.3 Å². The second kappa shape index (κ2) is 2.28.